The lowest BCUT2D eigenvalue weighted by atomic mass is 10.0. The standard InChI is InChI=1S/C16H22N2O3/c1-11(2)13-6-8-14(9-7-13)17-21-16(20)12(3)18-10-4-5-15(18)19/h6-9,11-12,17H,4-5,10H2,1-3H3. The molecule has 1 N–H and O–H groups in total. The van der Waals surface area contributed by atoms with E-state index in [0.717, 1.165) is 6.42 Å². The highest BCUT2D eigenvalue weighted by molar-refractivity contribution is 5.85. The number of amides is 1. The fourth-order valence-electron chi connectivity index (χ4n) is 2.34. The molecule has 0 aliphatic carbocycles. The zero-order valence-electron chi connectivity index (χ0n) is 12.8. The van der Waals surface area contributed by atoms with Crippen LogP contribution in [0.1, 0.15) is 45.1 Å². The first-order valence-corrected chi connectivity index (χ1v) is 7.35. The van der Waals surface area contributed by atoms with E-state index in [9.17, 15) is 9.59 Å². The van der Waals surface area contributed by atoms with Crippen molar-refractivity contribution in [3.8, 4) is 0 Å². The van der Waals surface area contributed by atoms with Gasteiger partial charge in [-0.15, -0.1) is 0 Å². The van der Waals surface area contributed by atoms with Crippen molar-refractivity contribution in [3.63, 3.8) is 0 Å². The van der Waals surface area contributed by atoms with Gasteiger partial charge in [0.25, 0.3) is 0 Å². The highest BCUT2D eigenvalue weighted by Crippen LogP contribution is 2.18. The molecular weight excluding hydrogens is 268 g/mol. The number of carbonyl (C=O) groups is 2. The summed E-state index contributed by atoms with van der Waals surface area (Å²) < 4.78 is 0. The van der Waals surface area contributed by atoms with Crippen LogP contribution in [0, 0.1) is 0 Å². The van der Waals surface area contributed by atoms with E-state index in [4.69, 9.17) is 4.84 Å². The molecule has 0 saturated carbocycles. The molecule has 1 aromatic carbocycles. The van der Waals surface area contributed by atoms with Crippen molar-refractivity contribution in [2.45, 2.75) is 45.6 Å². The average Bonchev–Trinajstić information content (AvgIpc) is 2.90. The number of carbonyl (C=O) groups excluding carboxylic acids is 2. The number of hydrogen-bond acceptors (Lipinski definition) is 4. The van der Waals surface area contributed by atoms with E-state index in [1.807, 2.05) is 24.3 Å². The first-order valence-electron chi connectivity index (χ1n) is 7.35. The maximum absolute atomic E-state index is 11.9. The second-order valence-electron chi connectivity index (χ2n) is 5.67. The monoisotopic (exact) mass is 290 g/mol. The Morgan fingerprint density at radius 3 is 2.43 bits per heavy atom. The van der Waals surface area contributed by atoms with Gasteiger partial charge in [-0.25, -0.2) is 10.3 Å². The predicted molar refractivity (Wildman–Crippen MR) is 80.7 cm³/mol. The Labute approximate surface area is 125 Å². The molecule has 1 fully saturated rings. The summed E-state index contributed by atoms with van der Waals surface area (Å²) in [6.45, 7) is 6.56. The largest absolute Gasteiger partial charge is 0.354 e. The van der Waals surface area contributed by atoms with E-state index in [1.54, 1.807) is 11.8 Å². The summed E-state index contributed by atoms with van der Waals surface area (Å²) in [4.78, 5) is 30.2. The molecule has 1 atom stereocenters. The Kier molecular flexibility index (Phi) is 4.83. The molecule has 21 heavy (non-hydrogen) atoms. The fraction of sp³-hybridized carbons (Fsp3) is 0.500. The van der Waals surface area contributed by atoms with Crippen molar-refractivity contribution in [2.75, 3.05) is 12.0 Å². The van der Waals surface area contributed by atoms with Gasteiger partial charge < -0.3 is 9.74 Å². The summed E-state index contributed by atoms with van der Waals surface area (Å²) in [6, 6.07) is 7.17. The minimum atomic E-state index is -0.553. The molecule has 1 amide bonds. The van der Waals surface area contributed by atoms with Gasteiger partial charge in [0.15, 0.2) is 0 Å². The van der Waals surface area contributed by atoms with Crippen LogP contribution in [0.2, 0.25) is 0 Å². The molecule has 5 nitrogen and oxygen atoms in total. The summed E-state index contributed by atoms with van der Waals surface area (Å²) in [5, 5.41) is 0. The van der Waals surface area contributed by atoms with Crippen molar-refractivity contribution in [2.24, 2.45) is 0 Å². The third kappa shape index (κ3) is 3.74. The quantitative estimate of drug-likeness (QED) is 0.847. The van der Waals surface area contributed by atoms with E-state index in [2.05, 4.69) is 19.3 Å². The lowest BCUT2D eigenvalue weighted by molar-refractivity contribution is -0.150. The molecule has 1 aromatic rings. The normalized spacial score (nSPS) is 16.2. The van der Waals surface area contributed by atoms with Gasteiger partial charge in [0.2, 0.25) is 5.91 Å². The molecule has 1 aliphatic heterocycles. The number of anilines is 1. The van der Waals surface area contributed by atoms with Gasteiger partial charge in [-0.2, -0.15) is 0 Å². The molecule has 1 aliphatic rings. The Morgan fingerprint density at radius 2 is 1.90 bits per heavy atom. The molecule has 2 rings (SSSR count). The third-order valence-corrected chi connectivity index (χ3v) is 3.77. The van der Waals surface area contributed by atoms with Gasteiger partial charge in [-0.05, 0) is 37.0 Å². The summed E-state index contributed by atoms with van der Waals surface area (Å²) >= 11 is 0. The minimum absolute atomic E-state index is 0.0146. The molecule has 0 spiro atoms. The topological polar surface area (TPSA) is 58.6 Å². The van der Waals surface area contributed by atoms with Gasteiger partial charge in [-0.1, -0.05) is 26.0 Å². The van der Waals surface area contributed by atoms with Crippen LogP contribution in [-0.2, 0) is 14.4 Å². The molecule has 1 saturated heterocycles. The molecular formula is C16H22N2O3. The van der Waals surface area contributed by atoms with Crippen LogP contribution in [-0.4, -0.2) is 29.4 Å². The van der Waals surface area contributed by atoms with Crippen molar-refractivity contribution in [3.05, 3.63) is 29.8 Å². The van der Waals surface area contributed by atoms with Gasteiger partial charge in [0.1, 0.15) is 6.04 Å². The van der Waals surface area contributed by atoms with Crippen LogP contribution < -0.4 is 5.48 Å². The molecule has 0 bridgehead atoms. The molecule has 1 unspecified atom stereocenters. The van der Waals surface area contributed by atoms with Gasteiger partial charge in [-0.3, -0.25) is 4.79 Å². The van der Waals surface area contributed by atoms with Gasteiger partial charge >= 0.3 is 5.97 Å². The molecule has 1 heterocycles. The van der Waals surface area contributed by atoms with Gasteiger partial charge in [0.05, 0.1) is 5.69 Å². The highest BCUT2D eigenvalue weighted by Gasteiger charge is 2.30. The van der Waals surface area contributed by atoms with Crippen molar-refractivity contribution < 1.29 is 14.4 Å². The Morgan fingerprint density at radius 1 is 1.24 bits per heavy atom. The SMILES string of the molecule is CC(C)c1ccc(NOC(=O)C(C)N2CCCC2=O)cc1. The molecule has 5 heteroatoms. The van der Waals surface area contributed by atoms with Crippen molar-refractivity contribution >= 4 is 17.6 Å². The predicted octanol–water partition coefficient (Wildman–Crippen LogP) is 2.69. The molecule has 0 aromatic heterocycles. The van der Waals surface area contributed by atoms with E-state index in [0.29, 0.717) is 24.6 Å². The van der Waals surface area contributed by atoms with Crippen LogP contribution in [0.3, 0.4) is 0 Å². The van der Waals surface area contributed by atoms with Crippen LogP contribution in [0.5, 0.6) is 0 Å². The smallest absolute Gasteiger partial charge is 0.341 e. The number of hydrogen-bond donors (Lipinski definition) is 1. The number of nitrogens with one attached hydrogen (secondary N) is 1. The van der Waals surface area contributed by atoms with E-state index >= 15 is 0 Å². The van der Waals surface area contributed by atoms with E-state index in [-0.39, 0.29) is 5.91 Å². The number of nitrogens with zero attached hydrogens (tertiary/aromatic N) is 1. The Hall–Kier alpha value is -2.04. The van der Waals surface area contributed by atoms with E-state index < -0.39 is 12.0 Å². The third-order valence-electron chi connectivity index (χ3n) is 3.77. The zero-order valence-corrected chi connectivity index (χ0v) is 12.8. The molecule has 0 radical (unpaired) electrons. The summed E-state index contributed by atoms with van der Waals surface area (Å²) in [5.41, 5.74) is 4.58. The summed E-state index contributed by atoms with van der Waals surface area (Å²) in [5.74, 6) is 0.0294. The summed E-state index contributed by atoms with van der Waals surface area (Å²) in [6.07, 6.45) is 1.32. The van der Waals surface area contributed by atoms with Crippen molar-refractivity contribution in [1.29, 1.82) is 0 Å². The molecule has 114 valence electrons. The van der Waals surface area contributed by atoms with E-state index in [1.165, 1.54) is 5.56 Å². The highest BCUT2D eigenvalue weighted by atomic mass is 16.7. The maximum atomic E-state index is 11.9. The number of rotatable bonds is 5. The first-order chi connectivity index (χ1) is 9.99. The average molecular weight is 290 g/mol. The number of benzene rings is 1. The summed E-state index contributed by atoms with van der Waals surface area (Å²) in [7, 11) is 0. The Balaban J connectivity index is 1.87. The fourth-order valence-corrected chi connectivity index (χ4v) is 2.34. The minimum Gasteiger partial charge on any atom is -0.341 e. The first kappa shape index (κ1) is 15.4. The van der Waals surface area contributed by atoms with Crippen LogP contribution in [0.15, 0.2) is 24.3 Å². The lowest BCUT2D eigenvalue weighted by Crippen LogP contribution is -2.41. The van der Waals surface area contributed by atoms with Crippen LogP contribution in [0.25, 0.3) is 0 Å². The van der Waals surface area contributed by atoms with Crippen LogP contribution >= 0.6 is 0 Å². The van der Waals surface area contributed by atoms with Gasteiger partial charge in [0, 0.05) is 13.0 Å². The lowest BCUT2D eigenvalue weighted by Gasteiger charge is -2.22. The van der Waals surface area contributed by atoms with Crippen molar-refractivity contribution in [1.82, 2.24) is 4.90 Å². The van der Waals surface area contributed by atoms with Crippen LogP contribution in [0.4, 0.5) is 5.69 Å². The zero-order chi connectivity index (χ0) is 15.4. The second-order valence-corrected chi connectivity index (χ2v) is 5.67. The Bertz CT molecular complexity index is 511. The maximum Gasteiger partial charge on any atom is 0.354 e. The second kappa shape index (κ2) is 6.61. The number of likely N-dealkylation sites (tertiary alicyclic amines) is 1.